The number of nitrogens with one attached hydrogen (secondary N) is 1. The van der Waals surface area contributed by atoms with Gasteiger partial charge >= 0.3 is 0 Å². The maximum atomic E-state index is 13.6. The van der Waals surface area contributed by atoms with Crippen LogP contribution in [-0.4, -0.2) is 35.3 Å². The van der Waals surface area contributed by atoms with E-state index in [1.165, 1.54) is 23.1 Å². The molecule has 0 unspecified atom stereocenters. The highest BCUT2D eigenvalue weighted by Gasteiger charge is 2.39. The zero-order chi connectivity index (χ0) is 15.6. The first-order valence-electron chi connectivity index (χ1n) is 6.55. The third-order valence-corrected chi connectivity index (χ3v) is 3.97. The van der Waals surface area contributed by atoms with Crippen LogP contribution in [0.3, 0.4) is 0 Å². The van der Waals surface area contributed by atoms with Crippen molar-refractivity contribution in [2.24, 2.45) is 0 Å². The van der Waals surface area contributed by atoms with Gasteiger partial charge in [0.05, 0.1) is 0 Å². The second-order valence-corrected chi connectivity index (χ2v) is 6.22. The molecule has 0 spiro atoms. The zero-order valence-corrected chi connectivity index (χ0v) is 13.4. The molecule has 1 saturated heterocycles. The number of carbonyl (C=O) groups excluding carboxylic acids is 2. The molecule has 1 heterocycles. The molecule has 1 aliphatic rings. The quantitative estimate of drug-likeness (QED) is 0.828. The van der Waals surface area contributed by atoms with Crippen molar-refractivity contribution in [2.75, 3.05) is 13.1 Å². The van der Waals surface area contributed by atoms with Crippen LogP contribution in [-0.2, 0) is 9.59 Å². The van der Waals surface area contributed by atoms with Crippen LogP contribution in [0, 0.1) is 5.82 Å². The Hall–Kier alpha value is -1.69. The first-order valence-corrected chi connectivity index (χ1v) is 7.34. The summed E-state index contributed by atoms with van der Waals surface area (Å²) in [5, 5.41) is 2.72. The summed E-state index contributed by atoms with van der Waals surface area (Å²) in [5.41, 5.74) is -0.591. The Morgan fingerprint density at radius 1 is 1.48 bits per heavy atom. The molecule has 1 aromatic rings. The molecule has 1 aromatic carbocycles. The number of carbonyl (C=O) groups is 2. The second-order valence-electron chi connectivity index (χ2n) is 5.30. The Bertz CT molecular complexity index is 614. The van der Waals surface area contributed by atoms with Crippen LogP contribution < -0.4 is 5.32 Å². The fraction of sp³-hybridized carbons (Fsp3) is 0.333. The van der Waals surface area contributed by atoms with E-state index in [1.807, 2.05) is 0 Å². The third-order valence-electron chi connectivity index (χ3n) is 3.48. The second kappa shape index (κ2) is 5.97. The van der Waals surface area contributed by atoms with Gasteiger partial charge in [-0.3, -0.25) is 9.59 Å². The molecule has 0 radical (unpaired) electrons. The molecule has 4 nitrogen and oxygen atoms in total. The summed E-state index contributed by atoms with van der Waals surface area (Å²) in [6.07, 6.45) is 2.72. The van der Waals surface area contributed by atoms with Gasteiger partial charge in [0.1, 0.15) is 11.4 Å². The molecule has 2 rings (SSSR count). The normalized spacial score (nSPS) is 17.9. The van der Waals surface area contributed by atoms with Crippen LogP contribution in [0.4, 0.5) is 4.39 Å². The minimum Gasteiger partial charge on any atom is -0.352 e. The van der Waals surface area contributed by atoms with Crippen molar-refractivity contribution in [3.8, 4) is 0 Å². The van der Waals surface area contributed by atoms with Gasteiger partial charge in [0, 0.05) is 29.2 Å². The van der Waals surface area contributed by atoms with E-state index in [2.05, 4.69) is 21.2 Å². The van der Waals surface area contributed by atoms with Crippen LogP contribution in [0.5, 0.6) is 0 Å². The highest BCUT2D eigenvalue weighted by atomic mass is 79.9. The lowest BCUT2D eigenvalue weighted by molar-refractivity contribution is -0.146. The van der Waals surface area contributed by atoms with Gasteiger partial charge in [-0.1, -0.05) is 15.9 Å². The summed E-state index contributed by atoms with van der Waals surface area (Å²) in [6, 6.07) is 4.51. The Labute approximate surface area is 131 Å². The molecule has 112 valence electrons. The average Bonchev–Trinajstić information content (AvgIpc) is 2.42. The van der Waals surface area contributed by atoms with Crippen LogP contribution in [0.15, 0.2) is 28.7 Å². The van der Waals surface area contributed by atoms with Crippen molar-refractivity contribution in [3.05, 3.63) is 40.1 Å². The van der Waals surface area contributed by atoms with Crippen molar-refractivity contribution < 1.29 is 14.0 Å². The molecule has 1 N–H and O–H groups in total. The maximum Gasteiger partial charge on any atom is 0.247 e. The molecule has 0 saturated carbocycles. The predicted octanol–water partition coefficient (Wildman–Crippen LogP) is 2.34. The van der Waals surface area contributed by atoms with E-state index in [0.717, 1.165) is 4.47 Å². The van der Waals surface area contributed by atoms with Crippen LogP contribution in [0.1, 0.15) is 19.4 Å². The Balaban J connectivity index is 2.19. The van der Waals surface area contributed by atoms with E-state index < -0.39 is 11.4 Å². The van der Waals surface area contributed by atoms with Gasteiger partial charge < -0.3 is 10.2 Å². The van der Waals surface area contributed by atoms with Gasteiger partial charge in [-0.05, 0) is 38.1 Å². The zero-order valence-electron chi connectivity index (χ0n) is 11.8. The SMILES string of the molecule is CC1(C)C(=O)NCCN1C(=O)C=Cc1cc(Br)ccc1F. The van der Waals surface area contributed by atoms with E-state index in [1.54, 1.807) is 26.0 Å². The van der Waals surface area contributed by atoms with Crippen molar-refractivity contribution in [1.82, 2.24) is 10.2 Å². The van der Waals surface area contributed by atoms with Crippen molar-refractivity contribution >= 4 is 33.8 Å². The molecule has 0 atom stereocenters. The maximum absolute atomic E-state index is 13.6. The molecule has 0 aromatic heterocycles. The van der Waals surface area contributed by atoms with Crippen molar-refractivity contribution in [2.45, 2.75) is 19.4 Å². The van der Waals surface area contributed by atoms with E-state index in [9.17, 15) is 14.0 Å². The molecule has 2 amide bonds. The van der Waals surface area contributed by atoms with Gasteiger partial charge in [0.2, 0.25) is 11.8 Å². The number of nitrogens with zero attached hydrogens (tertiary/aromatic N) is 1. The lowest BCUT2D eigenvalue weighted by Gasteiger charge is -2.40. The minimum absolute atomic E-state index is 0.191. The average molecular weight is 355 g/mol. The number of amides is 2. The summed E-state index contributed by atoms with van der Waals surface area (Å²) < 4.78 is 14.3. The molecule has 0 aliphatic carbocycles. The number of rotatable bonds is 2. The molecule has 1 aliphatic heterocycles. The van der Waals surface area contributed by atoms with Gasteiger partial charge in [-0.2, -0.15) is 0 Å². The van der Waals surface area contributed by atoms with E-state index in [4.69, 9.17) is 0 Å². The van der Waals surface area contributed by atoms with Crippen molar-refractivity contribution in [1.29, 1.82) is 0 Å². The number of halogens is 2. The largest absolute Gasteiger partial charge is 0.352 e. The number of hydrogen-bond acceptors (Lipinski definition) is 2. The highest BCUT2D eigenvalue weighted by Crippen LogP contribution is 2.20. The van der Waals surface area contributed by atoms with E-state index in [0.29, 0.717) is 18.7 Å². The molecule has 6 heteroatoms. The van der Waals surface area contributed by atoms with Crippen molar-refractivity contribution in [3.63, 3.8) is 0 Å². The summed E-state index contributed by atoms with van der Waals surface area (Å²) in [5.74, 6) is -0.906. The number of piperazine rings is 1. The van der Waals surface area contributed by atoms with E-state index in [-0.39, 0.29) is 11.8 Å². The fourth-order valence-electron chi connectivity index (χ4n) is 2.18. The Morgan fingerprint density at radius 3 is 2.90 bits per heavy atom. The van der Waals surface area contributed by atoms with Crippen LogP contribution in [0.2, 0.25) is 0 Å². The summed E-state index contributed by atoms with van der Waals surface area (Å²) >= 11 is 3.26. The topological polar surface area (TPSA) is 49.4 Å². The Kier molecular flexibility index (Phi) is 4.46. The standard InChI is InChI=1S/C15H16BrFN2O2/c1-15(2)14(21)18-7-8-19(15)13(20)6-3-10-9-11(16)4-5-12(10)17/h3-6,9H,7-8H2,1-2H3,(H,18,21). The molecule has 21 heavy (non-hydrogen) atoms. The summed E-state index contributed by atoms with van der Waals surface area (Å²) in [4.78, 5) is 25.5. The third kappa shape index (κ3) is 3.32. The molecule has 0 bridgehead atoms. The lowest BCUT2D eigenvalue weighted by atomic mass is 9.98. The molecular formula is C15H16BrFN2O2. The first kappa shape index (κ1) is 15.7. The summed E-state index contributed by atoms with van der Waals surface area (Å²) in [6.45, 7) is 4.23. The fourth-order valence-corrected chi connectivity index (χ4v) is 2.56. The van der Waals surface area contributed by atoms with Gasteiger partial charge in [-0.15, -0.1) is 0 Å². The van der Waals surface area contributed by atoms with Gasteiger partial charge in [0.15, 0.2) is 0 Å². The van der Waals surface area contributed by atoms with E-state index >= 15 is 0 Å². The first-order chi connectivity index (χ1) is 9.82. The summed E-state index contributed by atoms with van der Waals surface area (Å²) in [7, 11) is 0. The monoisotopic (exact) mass is 354 g/mol. The number of hydrogen-bond donors (Lipinski definition) is 1. The minimum atomic E-state index is -0.907. The van der Waals surface area contributed by atoms with Gasteiger partial charge in [0.25, 0.3) is 0 Å². The molecule has 1 fully saturated rings. The number of benzene rings is 1. The highest BCUT2D eigenvalue weighted by molar-refractivity contribution is 9.10. The molecular weight excluding hydrogens is 339 g/mol. The Morgan fingerprint density at radius 2 is 2.19 bits per heavy atom. The predicted molar refractivity (Wildman–Crippen MR) is 81.9 cm³/mol. The lowest BCUT2D eigenvalue weighted by Crippen LogP contribution is -2.63. The van der Waals surface area contributed by atoms with Crippen LogP contribution >= 0.6 is 15.9 Å². The smallest absolute Gasteiger partial charge is 0.247 e. The van der Waals surface area contributed by atoms with Gasteiger partial charge in [-0.25, -0.2) is 4.39 Å². The van der Waals surface area contributed by atoms with Crippen LogP contribution in [0.25, 0.3) is 6.08 Å².